The van der Waals surface area contributed by atoms with Crippen LogP contribution in [0, 0.1) is 0 Å². The van der Waals surface area contributed by atoms with Gasteiger partial charge in [0, 0.05) is 17.2 Å². The van der Waals surface area contributed by atoms with Gasteiger partial charge in [-0.2, -0.15) is 0 Å². The van der Waals surface area contributed by atoms with Crippen LogP contribution >= 0.6 is 28.1 Å². The largest absolute Gasteiger partial charge is 0.345 e. The molecule has 0 amide bonds. The molecule has 104 valence electrons. The summed E-state index contributed by atoms with van der Waals surface area (Å²) in [4.78, 5) is 2.06. The maximum absolute atomic E-state index is 5.48. The van der Waals surface area contributed by atoms with Crippen LogP contribution in [0.15, 0.2) is 59.1 Å². The van der Waals surface area contributed by atoms with Gasteiger partial charge in [0.15, 0.2) is 5.11 Å². The van der Waals surface area contributed by atoms with E-state index >= 15 is 0 Å². The lowest BCUT2D eigenvalue weighted by molar-refractivity contribution is 0.408. The minimum Gasteiger partial charge on any atom is -0.345 e. The fourth-order valence-electron chi connectivity index (χ4n) is 1.91. The first-order valence-electron chi connectivity index (χ1n) is 6.42. The van der Waals surface area contributed by atoms with E-state index < -0.39 is 0 Å². The maximum Gasteiger partial charge on any atom is 0.173 e. The monoisotopic (exact) mass is 348 g/mol. The fourth-order valence-corrected chi connectivity index (χ4v) is 2.58. The highest BCUT2D eigenvalue weighted by Crippen LogP contribution is 2.20. The van der Waals surface area contributed by atoms with Crippen molar-refractivity contribution in [3.63, 3.8) is 0 Å². The van der Waals surface area contributed by atoms with E-state index in [1.165, 1.54) is 5.56 Å². The van der Waals surface area contributed by atoms with Gasteiger partial charge >= 0.3 is 0 Å². The maximum atomic E-state index is 5.48. The first kappa shape index (κ1) is 15.0. The van der Waals surface area contributed by atoms with Crippen molar-refractivity contribution in [3.05, 3.63) is 64.6 Å². The number of thiocarbonyl (C=S) groups is 1. The van der Waals surface area contributed by atoms with Crippen molar-refractivity contribution in [2.75, 3.05) is 12.4 Å². The van der Waals surface area contributed by atoms with E-state index in [2.05, 4.69) is 45.2 Å². The third-order valence-corrected chi connectivity index (χ3v) is 4.14. The third kappa shape index (κ3) is 3.81. The molecule has 2 aromatic carbocycles. The van der Waals surface area contributed by atoms with Crippen LogP contribution in [-0.4, -0.2) is 17.1 Å². The Morgan fingerprint density at radius 1 is 1.15 bits per heavy atom. The number of anilines is 1. The zero-order valence-corrected chi connectivity index (χ0v) is 13.9. The third-order valence-electron chi connectivity index (χ3n) is 3.26. The topological polar surface area (TPSA) is 15.3 Å². The van der Waals surface area contributed by atoms with E-state index in [1.807, 2.05) is 49.5 Å². The Hall–Kier alpha value is -1.39. The van der Waals surface area contributed by atoms with Crippen molar-refractivity contribution in [2.24, 2.45) is 0 Å². The van der Waals surface area contributed by atoms with Crippen molar-refractivity contribution in [1.29, 1.82) is 0 Å². The van der Waals surface area contributed by atoms with E-state index in [-0.39, 0.29) is 6.04 Å². The average molecular weight is 349 g/mol. The SMILES string of the molecule is C[C@@H](c1ccccc1)N(C)C(=S)Nc1cccc(Br)c1. The molecular weight excluding hydrogens is 332 g/mol. The van der Waals surface area contributed by atoms with E-state index in [0.29, 0.717) is 5.11 Å². The Morgan fingerprint density at radius 2 is 1.85 bits per heavy atom. The minimum atomic E-state index is 0.225. The smallest absolute Gasteiger partial charge is 0.173 e. The average Bonchev–Trinajstić information content (AvgIpc) is 2.46. The highest BCUT2D eigenvalue weighted by molar-refractivity contribution is 9.10. The molecule has 1 atom stereocenters. The van der Waals surface area contributed by atoms with Crippen LogP contribution in [0.3, 0.4) is 0 Å². The van der Waals surface area contributed by atoms with Crippen molar-refractivity contribution in [2.45, 2.75) is 13.0 Å². The van der Waals surface area contributed by atoms with Gasteiger partial charge in [-0.05, 0) is 42.9 Å². The zero-order chi connectivity index (χ0) is 14.5. The summed E-state index contributed by atoms with van der Waals surface area (Å²) >= 11 is 8.94. The molecule has 20 heavy (non-hydrogen) atoms. The molecule has 2 rings (SSSR count). The molecule has 2 nitrogen and oxygen atoms in total. The van der Waals surface area contributed by atoms with Crippen LogP contribution < -0.4 is 5.32 Å². The van der Waals surface area contributed by atoms with E-state index in [9.17, 15) is 0 Å². The summed E-state index contributed by atoms with van der Waals surface area (Å²) in [6.07, 6.45) is 0. The highest BCUT2D eigenvalue weighted by atomic mass is 79.9. The van der Waals surface area contributed by atoms with Gasteiger partial charge in [-0.25, -0.2) is 0 Å². The Morgan fingerprint density at radius 3 is 2.50 bits per heavy atom. The van der Waals surface area contributed by atoms with Gasteiger partial charge in [-0.15, -0.1) is 0 Å². The fraction of sp³-hybridized carbons (Fsp3) is 0.188. The van der Waals surface area contributed by atoms with Crippen LogP contribution in [0.5, 0.6) is 0 Å². The Balaban J connectivity index is 2.05. The van der Waals surface area contributed by atoms with E-state index in [0.717, 1.165) is 10.2 Å². The predicted octanol–water partition coefficient (Wildman–Crippen LogP) is 4.84. The van der Waals surface area contributed by atoms with Crippen molar-refractivity contribution in [1.82, 2.24) is 4.90 Å². The number of hydrogen-bond donors (Lipinski definition) is 1. The molecule has 0 aromatic heterocycles. The summed E-state index contributed by atoms with van der Waals surface area (Å²) in [6.45, 7) is 2.14. The van der Waals surface area contributed by atoms with Gasteiger partial charge in [0.1, 0.15) is 0 Å². The Kier molecular flexibility index (Phi) is 5.15. The molecule has 0 bridgehead atoms. The molecule has 1 N–H and O–H groups in total. The number of rotatable bonds is 3. The van der Waals surface area contributed by atoms with Crippen LogP contribution in [0.2, 0.25) is 0 Å². The number of benzene rings is 2. The van der Waals surface area contributed by atoms with Crippen molar-refractivity contribution in [3.8, 4) is 0 Å². The molecule has 0 fully saturated rings. The van der Waals surface area contributed by atoms with Crippen LogP contribution in [-0.2, 0) is 0 Å². The number of nitrogens with one attached hydrogen (secondary N) is 1. The summed E-state index contributed by atoms with van der Waals surface area (Å²) in [5.74, 6) is 0. The second kappa shape index (κ2) is 6.86. The summed E-state index contributed by atoms with van der Waals surface area (Å²) in [6, 6.07) is 18.5. The summed E-state index contributed by atoms with van der Waals surface area (Å²) in [7, 11) is 2.00. The first-order chi connectivity index (χ1) is 9.58. The van der Waals surface area contributed by atoms with E-state index in [4.69, 9.17) is 12.2 Å². The molecule has 4 heteroatoms. The molecule has 0 radical (unpaired) electrons. The van der Waals surface area contributed by atoms with Gasteiger partial charge in [-0.1, -0.05) is 52.3 Å². The zero-order valence-electron chi connectivity index (χ0n) is 11.5. The van der Waals surface area contributed by atoms with Gasteiger partial charge < -0.3 is 10.2 Å². The van der Waals surface area contributed by atoms with Gasteiger partial charge in [0.2, 0.25) is 0 Å². The second-order valence-corrected chi connectivity index (χ2v) is 5.94. The molecule has 0 aliphatic carbocycles. The lowest BCUT2D eigenvalue weighted by atomic mass is 10.1. The molecule has 2 aromatic rings. The Labute approximate surface area is 133 Å². The first-order valence-corrected chi connectivity index (χ1v) is 7.62. The lowest BCUT2D eigenvalue weighted by Crippen LogP contribution is -2.33. The lowest BCUT2D eigenvalue weighted by Gasteiger charge is -2.28. The van der Waals surface area contributed by atoms with Crippen molar-refractivity contribution < 1.29 is 0 Å². The number of nitrogens with zero attached hydrogens (tertiary/aromatic N) is 1. The number of hydrogen-bond acceptors (Lipinski definition) is 1. The molecule has 0 spiro atoms. The van der Waals surface area contributed by atoms with Gasteiger partial charge in [-0.3, -0.25) is 0 Å². The van der Waals surface area contributed by atoms with E-state index in [1.54, 1.807) is 0 Å². The summed E-state index contributed by atoms with van der Waals surface area (Å²) in [5, 5.41) is 3.97. The predicted molar refractivity (Wildman–Crippen MR) is 93.0 cm³/mol. The van der Waals surface area contributed by atoms with Crippen LogP contribution in [0.1, 0.15) is 18.5 Å². The van der Waals surface area contributed by atoms with Gasteiger partial charge in [0.25, 0.3) is 0 Å². The summed E-state index contributed by atoms with van der Waals surface area (Å²) in [5.41, 5.74) is 2.23. The molecule has 0 saturated heterocycles. The normalized spacial score (nSPS) is 11.8. The minimum absolute atomic E-state index is 0.225. The standard InChI is InChI=1S/C16H17BrN2S/c1-12(13-7-4-3-5-8-13)19(2)16(20)18-15-10-6-9-14(17)11-15/h3-12H,1-2H3,(H,18,20)/t12-/m0/s1. The Bertz CT molecular complexity index is 586. The molecule has 0 aliphatic heterocycles. The molecule has 0 heterocycles. The molecule has 0 unspecified atom stereocenters. The van der Waals surface area contributed by atoms with Crippen molar-refractivity contribution >= 4 is 38.9 Å². The number of halogens is 1. The quantitative estimate of drug-likeness (QED) is 0.799. The molecule has 0 saturated carbocycles. The van der Waals surface area contributed by atoms with Gasteiger partial charge in [0.05, 0.1) is 6.04 Å². The highest BCUT2D eigenvalue weighted by Gasteiger charge is 2.14. The molecule has 0 aliphatic rings. The van der Waals surface area contributed by atoms with Crippen LogP contribution in [0.25, 0.3) is 0 Å². The molecular formula is C16H17BrN2S. The second-order valence-electron chi connectivity index (χ2n) is 4.64. The summed E-state index contributed by atoms with van der Waals surface area (Å²) < 4.78 is 1.03. The van der Waals surface area contributed by atoms with Crippen LogP contribution in [0.4, 0.5) is 5.69 Å².